The molecule has 4 rings (SSSR count). The first kappa shape index (κ1) is 25.6. The number of piperazine rings is 1. The van der Waals surface area contributed by atoms with E-state index in [9.17, 15) is 18.0 Å². The number of carbonyl (C=O) groups is 2. The maximum absolute atomic E-state index is 12.8. The molecule has 10 heteroatoms. The van der Waals surface area contributed by atoms with Gasteiger partial charge in [-0.15, -0.1) is 0 Å². The predicted octanol–water partition coefficient (Wildman–Crippen LogP) is 3.54. The highest BCUT2D eigenvalue weighted by Crippen LogP contribution is 2.20. The van der Waals surface area contributed by atoms with Gasteiger partial charge < -0.3 is 9.64 Å². The molecule has 1 fully saturated rings. The van der Waals surface area contributed by atoms with Gasteiger partial charge in [0.05, 0.1) is 4.90 Å². The van der Waals surface area contributed by atoms with Crippen molar-refractivity contribution < 1.29 is 22.7 Å². The summed E-state index contributed by atoms with van der Waals surface area (Å²) in [5, 5.41) is 0.462. The van der Waals surface area contributed by atoms with Crippen molar-refractivity contribution in [2.45, 2.75) is 4.90 Å². The largest absolute Gasteiger partial charge is 0.484 e. The van der Waals surface area contributed by atoms with Gasteiger partial charge in [0.25, 0.3) is 5.91 Å². The summed E-state index contributed by atoms with van der Waals surface area (Å²) >= 11 is 5.85. The molecular formula is C26H24ClN3O5S. The summed E-state index contributed by atoms with van der Waals surface area (Å²) in [6.07, 6.45) is 6.51. The Morgan fingerprint density at radius 2 is 1.56 bits per heavy atom. The van der Waals surface area contributed by atoms with Crippen molar-refractivity contribution in [2.24, 2.45) is 0 Å². The van der Waals surface area contributed by atoms with Crippen LogP contribution >= 0.6 is 11.6 Å². The summed E-state index contributed by atoms with van der Waals surface area (Å²) in [6, 6.07) is 16.2. The summed E-state index contributed by atoms with van der Waals surface area (Å²) in [5.41, 5.74) is 1.37. The Labute approximate surface area is 214 Å². The molecule has 0 spiro atoms. The third kappa shape index (κ3) is 6.37. The third-order valence-electron chi connectivity index (χ3n) is 5.68. The number of pyridine rings is 1. The van der Waals surface area contributed by atoms with Gasteiger partial charge >= 0.3 is 0 Å². The Morgan fingerprint density at radius 3 is 2.19 bits per heavy atom. The lowest BCUT2D eigenvalue weighted by Crippen LogP contribution is -2.51. The minimum Gasteiger partial charge on any atom is -0.484 e. The molecule has 0 unspecified atom stereocenters. The number of hydrogen-bond donors (Lipinski definition) is 0. The summed E-state index contributed by atoms with van der Waals surface area (Å²) < 4.78 is 32.5. The second-order valence-corrected chi connectivity index (χ2v) is 10.4. The van der Waals surface area contributed by atoms with Gasteiger partial charge in [0.2, 0.25) is 10.0 Å². The number of benzene rings is 2. The van der Waals surface area contributed by atoms with E-state index >= 15 is 0 Å². The molecule has 0 atom stereocenters. The quantitative estimate of drug-likeness (QED) is 0.329. The molecule has 0 aliphatic carbocycles. The van der Waals surface area contributed by atoms with Crippen LogP contribution in [0.5, 0.6) is 5.75 Å². The van der Waals surface area contributed by atoms with Crippen LogP contribution in [0.3, 0.4) is 0 Å². The van der Waals surface area contributed by atoms with Crippen LogP contribution < -0.4 is 4.74 Å². The number of hydrogen-bond acceptors (Lipinski definition) is 6. The van der Waals surface area contributed by atoms with E-state index in [4.69, 9.17) is 16.3 Å². The fourth-order valence-electron chi connectivity index (χ4n) is 3.63. The number of carbonyl (C=O) groups excluding carboxylic acids is 2. The van der Waals surface area contributed by atoms with Crippen molar-refractivity contribution >= 4 is 39.4 Å². The van der Waals surface area contributed by atoms with Crippen LogP contribution in [-0.4, -0.2) is 67.1 Å². The molecule has 2 heterocycles. The smallest absolute Gasteiger partial charge is 0.260 e. The molecule has 36 heavy (non-hydrogen) atoms. The average molecular weight is 526 g/mol. The van der Waals surface area contributed by atoms with Crippen LogP contribution in [0.1, 0.15) is 15.9 Å². The molecule has 1 aliphatic rings. The average Bonchev–Trinajstić information content (AvgIpc) is 2.91. The molecule has 1 aliphatic heterocycles. The van der Waals surface area contributed by atoms with Crippen molar-refractivity contribution in [2.75, 3.05) is 32.8 Å². The second kappa shape index (κ2) is 11.5. The Hall–Kier alpha value is -3.53. The third-order valence-corrected chi connectivity index (χ3v) is 7.84. The molecule has 3 aromatic rings. The highest BCUT2D eigenvalue weighted by Gasteiger charge is 2.30. The molecule has 2 aromatic carbocycles. The topological polar surface area (TPSA) is 96.9 Å². The monoisotopic (exact) mass is 525 g/mol. The van der Waals surface area contributed by atoms with Gasteiger partial charge in [-0.05, 0) is 72.3 Å². The molecular weight excluding hydrogens is 502 g/mol. The van der Waals surface area contributed by atoms with E-state index in [0.717, 1.165) is 5.56 Å². The van der Waals surface area contributed by atoms with Crippen LogP contribution in [0.25, 0.3) is 6.08 Å². The van der Waals surface area contributed by atoms with Gasteiger partial charge in [0.15, 0.2) is 12.4 Å². The minimum atomic E-state index is -3.64. The van der Waals surface area contributed by atoms with Crippen LogP contribution in [0, 0.1) is 0 Å². The number of rotatable bonds is 8. The van der Waals surface area contributed by atoms with Gasteiger partial charge in [-0.2, -0.15) is 4.31 Å². The molecule has 1 amide bonds. The molecule has 1 saturated heterocycles. The normalized spacial score (nSPS) is 14.6. The Balaban J connectivity index is 1.25. The fraction of sp³-hybridized carbons (Fsp3) is 0.192. The van der Waals surface area contributed by atoms with Crippen LogP contribution in [0.4, 0.5) is 0 Å². The molecule has 0 saturated carbocycles. The molecule has 0 N–H and O–H groups in total. The molecule has 1 aromatic heterocycles. The second-order valence-electron chi connectivity index (χ2n) is 8.03. The number of amides is 1. The lowest BCUT2D eigenvalue weighted by Gasteiger charge is -2.34. The van der Waals surface area contributed by atoms with E-state index in [1.807, 2.05) is 0 Å². The van der Waals surface area contributed by atoms with Crippen molar-refractivity contribution in [3.05, 3.63) is 95.3 Å². The van der Waals surface area contributed by atoms with Crippen LogP contribution in [0.2, 0.25) is 5.02 Å². The fourth-order valence-corrected chi connectivity index (χ4v) is 5.18. The zero-order valence-electron chi connectivity index (χ0n) is 19.3. The number of sulfonamides is 1. The summed E-state index contributed by atoms with van der Waals surface area (Å²) in [7, 11) is -3.64. The van der Waals surface area contributed by atoms with Gasteiger partial charge in [-0.3, -0.25) is 14.6 Å². The van der Waals surface area contributed by atoms with Crippen molar-refractivity contribution in [3.63, 3.8) is 0 Å². The SMILES string of the molecule is O=C(C=Cc1ccncc1)c1ccc(OCC(=O)N2CCN(S(=O)(=O)c3ccc(Cl)cc3)CC2)cc1. The number of ether oxygens (including phenoxy) is 1. The highest BCUT2D eigenvalue weighted by atomic mass is 35.5. The van der Waals surface area contributed by atoms with Gasteiger partial charge in [0.1, 0.15) is 5.75 Å². The van der Waals surface area contributed by atoms with E-state index in [0.29, 0.717) is 16.3 Å². The predicted molar refractivity (Wildman–Crippen MR) is 136 cm³/mol. The van der Waals surface area contributed by atoms with E-state index in [1.165, 1.54) is 34.6 Å². The first-order valence-corrected chi connectivity index (χ1v) is 13.0. The van der Waals surface area contributed by atoms with E-state index in [-0.39, 0.29) is 49.4 Å². The Kier molecular flexibility index (Phi) is 8.14. The van der Waals surface area contributed by atoms with E-state index in [2.05, 4.69) is 4.98 Å². The standard InChI is InChI=1S/C26H24ClN3O5S/c27-22-4-8-24(9-5-22)36(33,34)30-17-15-29(16-18-30)26(32)19-35-23-6-2-21(3-7-23)25(31)10-1-20-11-13-28-14-12-20/h1-14H,15-19H2. The first-order valence-electron chi connectivity index (χ1n) is 11.2. The number of halogens is 1. The lowest BCUT2D eigenvalue weighted by molar-refractivity contribution is -0.134. The summed E-state index contributed by atoms with van der Waals surface area (Å²) in [4.78, 5) is 30.6. The van der Waals surface area contributed by atoms with Crippen molar-refractivity contribution in [1.29, 1.82) is 0 Å². The van der Waals surface area contributed by atoms with Crippen molar-refractivity contribution in [1.82, 2.24) is 14.2 Å². The summed E-state index contributed by atoms with van der Waals surface area (Å²) in [6.45, 7) is 0.749. The minimum absolute atomic E-state index is 0.152. The Morgan fingerprint density at radius 1 is 0.917 bits per heavy atom. The van der Waals surface area contributed by atoms with Gasteiger partial charge in [-0.25, -0.2) is 8.42 Å². The van der Waals surface area contributed by atoms with E-state index in [1.54, 1.807) is 59.8 Å². The van der Waals surface area contributed by atoms with Crippen LogP contribution in [0.15, 0.2) is 84.0 Å². The maximum atomic E-state index is 12.8. The first-order chi connectivity index (χ1) is 17.3. The van der Waals surface area contributed by atoms with Crippen LogP contribution in [-0.2, 0) is 14.8 Å². The highest BCUT2D eigenvalue weighted by molar-refractivity contribution is 7.89. The maximum Gasteiger partial charge on any atom is 0.260 e. The summed E-state index contributed by atoms with van der Waals surface area (Å²) in [5.74, 6) is 0.0711. The Bertz CT molecular complexity index is 1340. The molecule has 0 radical (unpaired) electrons. The lowest BCUT2D eigenvalue weighted by atomic mass is 10.1. The number of allylic oxidation sites excluding steroid dienone is 1. The van der Waals surface area contributed by atoms with Crippen molar-refractivity contribution in [3.8, 4) is 5.75 Å². The zero-order valence-corrected chi connectivity index (χ0v) is 20.9. The van der Waals surface area contributed by atoms with Gasteiger partial charge in [0, 0.05) is 49.2 Å². The number of ketones is 1. The zero-order chi connectivity index (χ0) is 25.5. The van der Waals surface area contributed by atoms with E-state index < -0.39 is 10.0 Å². The van der Waals surface area contributed by atoms with Gasteiger partial charge in [-0.1, -0.05) is 17.7 Å². The molecule has 186 valence electrons. The molecule has 0 bridgehead atoms. The molecule has 8 nitrogen and oxygen atoms in total. The number of nitrogens with zero attached hydrogens (tertiary/aromatic N) is 3. The number of aromatic nitrogens is 1.